The Labute approximate surface area is 113 Å². The summed E-state index contributed by atoms with van der Waals surface area (Å²) in [4.78, 5) is 13.8. The van der Waals surface area contributed by atoms with E-state index in [9.17, 15) is 4.79 Å². The van der Waals surface area contributed by atoms with E-state index in [0.29, 0.717) is 42.6 Å². The van der Waals surface area contributed by atoms with E-state index in [2.05, 4.69) is 0 Å². The average molecular weight is 271 g/mol. The fraction of sp³-hybridized carbons (Fsp3) is 0.462. The van der Waals surface area contributed by atoms with Gasteiger partial charge in [0, 0.05) is 25.2 Å². The molecule has 1 rings (SSSR count). The number of halogens is 1. The third kappa shape index (κ3) is 3.62. The largest absolute Gasteiger partial charge is 0.491 e. The number of hydrogen-bond acceptors (Lipinski definition) is 3. The second kappa shape index (κ2) is 7.24. The molecule has 0 radical (unpaired) electrons. The predicted molar refractivity (Wildman–Crippen MR) is 73.3 cm³/mol. The number of hydrogen-bond donors (Lipinski definition) is 1. The summed E-state index contributed by atoms with van der Waals surface area (Å²) in [6, 6.07) is 5.06. The van der Waals surface area contributed by atoms with Gasteiger partial charge in [-0.25, -0.2) is 0 Å². The minimum absolute atomic E-state index is 0.0210. The van der Waals surface area contributed by atoms with E-state index in [1.165, 1.54) is 0 Å². The van der Waals surface area contributed by atoms with E-state index in [1.807, 2.05) is 13.8 Å². The highest BCUT2D eigenvalue weighted by atomic mass is 35.5. The zero-order chi connectivity index (χ0) is 13.5. The van der Waals surface area contributed by atoms with Crippen molar-refractivity contribution in [1.29, 1.82) is 0 Å². The van der Waals surface area contributed by atoms with Crippen LogP contribution in [0.2, 0.25) is 5.02 Å². The summed E-state index contributed by atoms with van der Waals surface area (Å²) >= 11 is 6.06. The highest BCUT2D eigenvalue weighted by molar-refractivity contribution is 6.32. The SMILES string of the molecule is CCN(CC)C(=O)c1ccc(OCCN)c(Cl)c1. The first-order valence-electron chi connectivity index (χ1n) is 6.05. The van der Waals surface area contributed by atoms with Crippen LogP contribution in [0.25, 0.3) is 0 Å². The molecular formula is C13H19ClN2O2. The van der Waals surface area contributed by atoms with E-state index >= 15 is 0 Å². The van der Waals surface area contributed by atoms with Crippen molar-refractivity contribution >= 4 is 17.5 Å². The number of carbonyl (C=O) groups excluding carboxylic acids is 1. The Balaban J connectivity index is 2.86. The zero-order valence-electron chi connectivity index (χ0n) is 10.8. The van der Waals surface area contributed by atoms with Crippen molar-refractivity contribution in [2.24, 2.45) is 5.73 Å². The molecule has 100 valence electrons. The summed E-state index contributed by atoms with van der Waals surface area (Å²) < 4.78 is 5.35. The average Bonchev–Trinajstić information content (AvgIpc) is 2.38. The predicted octanol–water partition coefficient (Wildman–Crippen LogP) is 2.16. The molecule has 0 aromatic heterocycles. The number of nitrogens with zero attached hydrogens (tertiary/aromatic N) is 1. The topological polar surface area (TPSA) is 55.6 Å². The maximum Gasteiger partial charge on any atom is 0.253 e. The maximum absolute atomic E-state index is 12.1. The highest BCUT2D eigenvalue weighted by Gasteiger charge is 2.14. The molecule has 0 saturated heterocycles. The number of ether oxygens (including phenoxy) is 1. The summed E-state index contributed by atoms with van der Waals surface area (Å²) in [7, 11) is 0. The van der Waals surface area contributed by atoms with Gasteiger partial charge in [0.05, 0.1) is 5.02 Å². The van der Waals surface area contributed by atoms with Crippen LogP contribution in [0.15, 0.2) is 18.2 Å². The first kappa shape index (κ1) is 14.8. The Morgan fingerprint density at radius 3 is 2.56 bits per heavy atom. The Hall–Kier alpha value is -1.26. The number of carbonyl (C=O) groups is 1. The smallest absolute Gasteiger partial charge is 0.253 e. The lowest BCUT2D eigenvalue weighted by Crippen LogP contribution is -2.30. The van der Waals surface area contributed by atoms with Crippen molar-refractivity contribution in [3.05, 3.63) is 28.8 Å². The minimum Gasteiger partial charge on any atom is -0.491 e. The lowest BCUT2D eigenvalue weighted by Gasteiger charge is -2.19. The quantitative estimate of drug-likeness (QED) is 0.862. The molecule has 0 heterocycles. The zero-order valence-corrected chi connectivity index (χ0v) is 11.5. The van der Waals surface area contributed by atoms with E-state index in [4.69, 9.17) is 22.1 Å². The second-order valence-corrected chi connectivity index (χ2v) is 4.17. The van der Waals surface area contributed by atoms with Gasteiger partial charge in [-0.2, -0.15) is 0 Å². The van der Waals surface area contributed by atoms with Crippen molar-refractivity contribution in [1.82, 2.24) is 4.90 Å². The molecule has 0 unspecified atom stereocenters. The van der Waals surface area contributed by atoms with E-state index in [-0.39, 0.29) is 5.91 Å². The second-order valence-electron chi connectivity index (χ2n) is 3.76. The molecule has 5 heteroatoms. The van der Waals surface area contributed by atoms with Crippen LogP contribution in [0, 0.1) is 0 Å². The molecule has 4 nitrogen and oxygen atoms in total. The highest BCUT2D eigenvalue weighted by Crippen LogP contribution is 2.25. The van der Waals surface area contributed by atoms with Crippen LogP contribution in [-0.4, -0.2) is 37.0 Å². The molecule has 1 amide bonds. The van der Waals surface area contributed by atoms with Gasteiger partial charge >= 0.3 is 0 Å². The third-order valence-electron chi connectivity index (χ3n) is 2.60. The minimum atomic E-state index is -0.0210. The Morgan fingerprint density at radius 1 is 1.39 bits per heavy atom. The Kier molecular flexibility index (Phi) is 5.95. The Morgan fingerprint density at radius 2 is 2.06 bits per heavy atom. The standard InChI is InChI=1S/C13H19ClN2O2/c1-3-16(4-2)13(17)10-5-6-12(11(14)9-10)18-8-7-15/h5-6,9H,3-4,7-8,15H2,1-2H3. The molecule has 18 heavy (non-hydrogen) atoms. The number of nitrogens with two attached hydrogens (primary N) is 1. The van der Waals surface area contributed by atoms with Gasteiger partial charge < -0.3 is 15.4 Å². The fourth-order valence-electron chi connectivity index (χ4n) is 1.61. The molecule has 2 N–H and O–H groups in total. The van der Waals surface area contributed by atoms with Crippen LogP contribution >= 0.6 is 11.6 Å². The van der Waals surface area contributed by atoms with Gasteiger partial charge in [-0.1, -0.05) is 11.6 Å². The molecule has 0 aliphatic rings. The van der Waals surface area contributed by atoms with Gasteiger partial charge in [-0.15, -0.1) is 0 Å². The van der Waals surface area contributed by atoms with E-state index in [1.54, 1.807) is 23.1 Å². The van der Waals surface area contributed by atoms with Crippen molar-refractivity contribution in [2.75, 3.05) is 26.2 Å². The van der Waals surface area contributed by atoms with Gasteiger partial charge in [-0.05, 0) is 32.0 Å². The van der Waals surface area contributed by atoms with Crippen LogP contribution in [0.4, 0.5) is 0 Å². The molecule has 0 aliphatic carbocycles. The van der Waals surface area contributed by atoms with E-state index in [0.717, 1.165) is 0 Å². The fourth-order valence-corrected chi connectivity index (χ4v) is 1.85. The number of benzene rings is 1. The van der Waals surface area contributed by atoms with Crippen LogP contribution in [0.3, 0.4) is 0 Å². The molecule has 0 aliphatic heterocycles. The lowest BCUT2D eigenvalue weighted by molar-refractivity contribution is 0.0773. The number of rotatable bonds is 6. The van der Waals surface area contributed by atoms with Gasteiger partial charge in [0.25, 0.3) is 5.91 Å². The first-order valence-corrected chi connectivity index (χ1v) is 6.43. The molecular weight excluding hydrogens is 252 g/mol. The van der Waals surface area contributed by atoms with Gasteiger partial charge in [0.1, 0.15) is 12.4 Å². The van der Waals surface area contributed by atoms with Crippen LogP contribution in [-0.2, 0) is 0 Å². The summed E-state index contributed by atoms with van der Waals surface area (Å²) in [5.74, 6) is 0.533. The Bertz CT molecular complexity index is 406. The van der Waals surface area contributed by atoms with Crippen molar-refractivity contribution < 1.29 is 9.53 Å². The summed E-state index contributed by atoms with van der Waals surface area (Å²) in [5.41, 5.74) is 5.92. The monoisotopic (exact) mass is 270 g/mol. The molecule has 0 saturated carbocycles. The summed E-state index contributed by atoms with van der Waals surface area (Å²) in [6.07, 6.45) is 0. The van der Waals surface area contributed by atoms with Crippen molar-refractivity contribution in [3.8, 4) is 5.75 Å². The molecule has 0 atom stereocenters. The molecule has 0 fully saturated rings. The molecule has 1 aromatic carbocycles. The van der Waals surface area contributed by atoms with Crippen molar-refractivity contribution in [3.63, 3.8) is 0 Å². The first-order chi connectivity index (χ1) is 8.63. The van der Waals surface area contributed by atoms with Gasteiger partial charge in [0.2, 0.25) is 0 Å². The molecule has 1 aromatic rings. The van der Waals surface area contributed by atoms with Crippen LogP contribution in [0.1, 0.15) is 24.2 Å². The third-order valence-corrected chi connectivity index (χ3v) is 2.90. The van der Waals surface area contributed by atoms with Gasteiger partial charge in [0.15, 0.2) is 0 Å². The lowest BCUT2D eigenvalue weighted by atomic mass is 10.2. The van der Waals surface area contributed by atoms with E-state index < -0.39 is 0 Å². The normalized spacial score (nSPS) is 10.2. The molecule has 0 bridgehead atoms. The summed E-state index contributed by atoms with van der Waals surface area (Å²) in [6.45, 7) is 6.08. The van der Waals surface area contributed by atoms with Crippen molar-refractivity contribution in [2.45, 2.75) is 13.8 Å². The van der Waals surface area contributed by atoms with Gasteiger partial charge in [-0.3, -0.25) is 4.79 Å². The number of amides is 1. The molecule has 0 spiro atoms. The van der Waals surface area contributed by atoms with Crippen LogP contribution < -0.4 is 10.5 Å². The maximum atomic E-state index is 12.1. The van der Waals surface area contributed by atoms with Crippen LogP contribution in [0.5, 0.6) is 5.75 Å². The summed E-state index contributed by atoms with van der Waals surface area (Å²) in [5, 5.41) is 0.432.